The van der Waals surface area contributed by atoms with Crippen molar-refractivity contribution in [2.24, 2.45) is 0 Å². The summed E-state index contributed by atoms with van der Waals surface area (Å²) in [6.07, 6.45) is 12.7. The number of ether oxygens (including phenoxy) is 2. The number of hydrogen-bond donors (Lipinski definition) is 1. The van der Waals surface area contributed by atoms with Crippen LogP contribution in [0.2, 0.25) is 0 Å². The largest absolute Gasteiger partial charge is 0.382 e. The van der Waals surface area contributed by atoms with E-state index in [0.29, 0.717) is 31.0 Å². The van der Waals surface area contributed by atoms with Gasteiger partial charge in [-0.3, -0.25) is 4.40 Å². The van der Waals surface area contributed by atoms with Crippen LogP contribution in [0.1, 0.15) is 25.5 Å². The molecule has 0 bridgehead atoms. The van der Waals surface area contributed by atoms with Gasteiger partial charge in [0.25, 0.3) is 0 Å². The molecule has 1 fully saturated rings. The first-order valence-electron chi connectivity index (χ1n) is 10.3. The SMILES string of the molecule is CCc1cnc2ncc(-c3ccn4nc(N[C@H]5C[C@@H](OCCOC)C5)ncc34)cn12. The Balaban J connectivity index is 1.31. The van der Waals surface area contributed by atoms with Gasteiger partial charge in [-0.1, -0.05) is 6.92 Å². The number of fused-ring (bicyclic) bond motifs is 2. The van der Waals surface area contributed by atoms with Crippen molar-refractivity contribution in [3.8, 4) is 11.1 Å². The van der Waals surface area contributed by atoms with Crippen LogP contribution < -0.4 is 5.32 Å². The lowest BCUT2D eigenvalue weighted by Crippen LogP contribution is -2.41. The van der Waals surface area contributed by atoms with Crippen molar-refractivity contribution in [1.82, 2.24) is 29.0 Å². The molecule has 156 valence electrons. The smallest absolute Gasteiger partial charge is 0.241 e. The summed E-state index contributed by atoms with van der Waals surface area (Å²) < 4.78 is 14.6. The van der Waals surface area contributed by atoms with E-state index in [1.165, 1.54) is 0 Å². The fraction of sp³-hybridized carbons (Fsp3) is 0.429. The van der Waals surface area contributed by atoms with Gasteiger partial charge in [0.1, 0.15) is 0 Å². The summed E-state index contributed by atoms with van der Waals surface area (Å²) in [7, 11) is 1.68. The van der Waals surface area contributed by atoms with Crippen molar-refractivity contribution < 1.29 is 9.47 Å². The summed E-state index contributed by atoms with van der Waals surface area (Å²) in [4.78, 5) is 13.4. The maximum Gasteiger partial charge on any atom is 0.241 e. The third-order valence-corrected chi connectivity index (χ3v) is 5.60. The summed E-state index contributed by atoms with van der Waals surface area (Å²) in [5.41, 5.74) is 4.13. The van der Waals surface area contributed by atoms with Crippen LogP contribution in [-0.4, -0.2) is 61.4 Å². The monoisotopic (exact) mass is 407 g/mol. The molecule has 1 N–H and O–H groups in total. The van der Waals surface area contributed by atoms with Crippen LogP contribution in [0.4, 0.5) is 5.95 Å². The van der Waals surface area contributed by atoms with Gasteiger partial charge in [-0.25, -0.2) is 19.5 Å². The number of anilines is 1. The highest BCUT2D eigenvalue weighted by Crippen LogP contribution is 2.28. The Morgan fingerprint density at radius 3 is 2.83 bits per heavy atom. The van der Waals surface area contributed by atoms with E-state index in [2.05, 4.69) is 38.5 Å². The second kappa shape index (κ2) is 8.00. The molecule has 0 aromatic carbocycles. The molecule has 0 spiro atoms. The fourth-order valence-corrected chi connectivity index (χ4v) is 3.83. The van der Waals surface area contributed by atoms with E-state index in [1.807, 2.05) is 39.8 Å². The molecule has 9 nitrogen and oxygen atoms in total. The lowest BCUT2D eigenvalue weighted by molar-refractivity contribution is -0.0261. The third kappa shape index (κ3) is 3.50. The van der Waals surface area contributed by atoms with Gasteiger partial charge in [0.05, 0.1) is 37.2 Å². The molecule has 1 saturated carbocycles. The van der Waals surface area contributed by atoms with Gasteiger partial charge in [-0.05, 0) is 25.3 Å². The van der Waals surface area contributed by atoms with Gasteiger partial charge >= 0.3 is 0 Å². The fourth-order valence-electron chi connectivity index (χ4n) is 3.83. The van der Waals surface area contributed by atoms with Gasteiger partial charge in [-0.15, -0.1) is 5.10 Å². The first-order chi connectivity index (χ1) is 14.7. The van der Waals surface area contributed by atoms with Gasteiger partial charge < -0.3 is 14.8 Å². The zero-order valence-electron chi connectivity index (χ0n) is 17.2. The number of nitrogens with one attached hydrogen (secondary N) is 1. The Morgan fingerprint density at radius 2 is 2.00 bits per heavy atom. The van der Waals surface area contributed by atoms with Gasteiger partial charge in [0.2, 0.25) is 11.7 Å². The van der Waals surface area contributed by atoms with Crippen molar-refractivity contribution in [1.29, 1.82) is 0 Å². The molecule has 4 heterocycles. The lowest BCUT2D eigenvalue weighted by Gasteiger charge is -2.35. The summed E-state index contributed by atoms with van der Waals surface area (Å²) >= 11 is 0. The minimum atomic E-state index is 0.290. The minimum Gasteiger partial charge on any atom is -0.382 e. The van der Waals surface area contributed by atoms with Crippen LogP contribution in [0.3, 0.4) is 0 Å². The minimum absolute atomic E-state index is 0.290. The van der Waals surface area contributed by atoms with Crippen molar-refractivity contribution >= 4 is 17.2 Å². The Morgan fingerprint density at radius 1 is 1.13 bits per heavy atom. The number of nitrogens with zero attached hydrogens (tertiary/aromatic N) is 6. The molecule has 1 aliphatic carbocycles. The molecule has 0 unspecified atom stereocenters. The molecule has 30 heavy (non-hydrogen) atoms. The summed E-state index contributed by atoms with van der Waals surface area (Å²) in [6, 6.07) is 2.38. The van der Waals surface area contributed by atoms with Crippen LogP contribution >= 0.6 is 0 Å². The topological polar surface area (TPSA) is 90.9 Å². The first kappa shape index (κ1) is 19.0. The Kier molecular flexibility index (Phi) is 5.06. The predicted molar refractivity (Wildman–Crippen MR) is 113 cm³/mol. The third-order valence-electron chi connectivity index (χ3n) is 5.60. The molecular weight excluding hydrogens is 382 g/mol. The number of methoxy groups -OCH3 is 1. The number of hydrogen-bond acceptors (Lipinski definition) is 7. The highest BCUT2D eigenvalue weighted by molar-refractivity contribution is 5.79. The van der Waals surface area contributed by atoms with E-state index < -0.39 is 0 Å². The molecule has 4 aromatic rings. The highest BCUT2D eigenvalue weighted by atomic mass is 16.5. The van der Waals surface area contributed by atoms with E-state index in [9.17, 15) is 0 Å². The second-order valence-corrected chi connectivity index (χ2v) is 7.56. The summed E-state index contributed by atoms with van der Waals surface area (Å²) in [6.45, 7) is 3.39. The number of rotatable bonds is 8. The molecule has 0 radical (unpaired) electrons. The van der Waals surface area contributed by atoms with E-state index in [0.717, 1.165) is 41.6 Å². The quantitative estimate of drug-likeness (QED) is 0.449. The molecule has 0 atom stereocenters. The zero-order chi connectivity index (χ0) is 20.5. The second-order valence-electron chi connectivity index (χ2n) is 7.56. The molecule has 1 aliphatic rings. The number of imidazole rings is 1. The van der Waals surface area contributed by atoms with Gasteiger partial charge in [0, 0.05) is 48.6 Å². The lowest BCUT2D eigenvalue weighted by atomic mass is 9.89. The normalized spacial score (nSPS) is 18.7. The number of aromatic nitrogens is 6. The van der Waals surface area contributed by atoms with Crippen LogP contribution in [0.25, 0.3) is 22.4 Å². The van der Waals surface area contributed by atoms with Crippen LogP contribution in [0.15, 0.2) is 37.1 Å². The molecule has 0 amide bonds. The van der Waals surface area contributed by atoms with Crippen molar-refractivity contribution in [3.63, 3.8) is 0 Å². The van der Waals surface area contributed by atoms with Crippen molar-refractivity contribution in [2.45, 2.75) is 38.3 Å². The molecule has 0 aliphatic heterocycles. The van der Waals surface area contributed by atoms with Gasteiger partial charge in [-0.2, -0.15) is 0 Å². The molecule has 0 saturated heterocycles. The van der Waals surface area contributed by atoms with E-state index >= 15 is 0 Å². The zero-order valence-corrected chi connectivity index (χ0v) is 17.2. The summed E-state index contributed by atoms with van der Waals surface area (Å²) in [5.74, 6) is 1.34. The van der Waals surface area contributed by atoms with Crippen molar-refractivity contribution in [2.75, 3.05) is 25.6 Å². The van der Waals surface area contributed by atoms with E-state index in [1.54, 1.807) is 7.11 Å². The van der Waals surface area contributed by atoms with Crippen LogP contribution in [0, 0.1) is 0 Å². The standard InChI is InChI=1S/C21H25N7O2/c1-3-16-11-24-21-23-10-14(13-27(16)21)18-4-5-28-19(18)12-22-20(26-28)25-15-8-17(9-15)30-7-6-29-2/h4-5,10-13,15,17H,3,6-9H2,1-2H3,(H,25,26)/t15-,17+. The van der Waals surface area contributed by atoms with E-state index in [4.69, 9.17) is 9.47 Å². The Bertz CT molecular complexity index is 1160. The average Bonchev–Trinajstić information content (AvgIpc) is 3.34. The van der Waals surface area contributed by atoms with Crippen LogP contribution in [-0.2, 0) is 15.9 Å². The van der Waals surface area contributed by atoms with Crippen molar-refractivity contribution in [3.05, 3.63) is 42.7 Å². The van der Waals surface area contributed by atoms with Crippen LogP contribution in [0.5, 0.6) is 0 Å². The first-order valence-corrected chi connectivity index (χ1v) is 10.3. The van der Waals surface area contributed by atoms with Gasteiger partial charge in [0.15, 0.2) is 0 Å². The molecule has 4 aromatic heterocycles. The Hall–Kier alpha value is -3.04. The Labute approximate surface area is 174 Å². The predicted octanol–water partition coefficient (Wildman–Crippen LogP) is 2.61. The molecule has 9 heteroatoms. The maximum atomic E-state index is 5.73. The molecular formula is C21H25N7O2. The highest BCUT2D eigenvalue weighted by Gasteiger charge is 2.30. The average molecular weight is 407 g/mol. The maximum absolute atomic E-state index is 5.73. The summed E-state index contributed by atoms with van der Waals surface area (Å²) in [5, 5.41) is 8.02. The number of aryl methyl sites for hydroxylation is 1. The van der Waals surface area contributed by atoms with E-state index in [-0.39, 0.29) is 6.10 Å². The molecule has 5 rings (SSSR count).